The van der Waals surface area contributed by atoms with Crippen LogP contribution in [0.5, 0.6) is 0 Å². The quantitative estimate of drug-likeness (QED) is 0.416. The molecule has 2 aromatic carbocycles. The average molecular weight is 454 g/mol. The molecule has 1 aliphatic rings. The Balaban J connectivity index is 2.15. The van der Waals surface area contributed by atoms with E-state index in [9.17, 15) is 4.79 Å². The number of hydrogen-bond donors (Lipinski definition) is 0. The van der Waals surface area contributed by atoms with Crippen LogP contribution in [0.15, 0.2) is 65.8 Å². The van der Waals surface area contributed by atoms with Crippen LogP contribution >= 0.6 is 0 Å². The summed E-state index contributed by atoms with van der Waals surface area (Å²) in [6.45, 7) is 10.9. The van der Waals surface area contributed by atoms with E-state index in [0.29, 0.717) is 0 Å². The number of hydrogen-bond acceptors (Lipinski definition) is 5. The van der Waals surface area contributed by atoms with Crippen LogP contribution in [0.25, 0.3) is 0 Å². The highest BCUT2D eigenvalue weighted by atomic mass is 28.4. The van der Waals surface area contributed by atoms with Crippen molar-refractivity contribution in [2.75, 3.05) is 6.61 Å². The lowest BCUT2D eigenvalue weighted by Crippen LogP contribution is -2.69. The summed E-state index contributed by atoms with van der Waals surface area (Å²) in [6, 6.07) is 20.8. The maximum Gasteiger partial charge on any atom is 0.358 e. The third-order valence-electron chi connectivity index (χ3n) is 5.94. The van der Waals surface area contributed by atoms with Crippen molar-refractivity contribution in [3.8, 4) is 0 Å². The smallest absolute Gasteiger partial charge is 0.358 e. The number of benzene rings is 2. The molecule has 0 saturated carbocycles. The van der Waals surface area contributed by atoms with Gasteiger partial charge >= 0.3 is 5.97 Å². The van der Waals surface area contributed by atoms with Crippen LogP contribution in [-0.4, -0.2) is 38.8 Å². The molecule has 0 radical (unpaired) electrons. The van der Waals surface area contributed by atoms with Crippen LogP contribution in [0, 0.1) is 0 Å². The van der Waals surface area contributed by atoms with E-state index in [1.807, 2.05) is 12.1 Å². The first-order valence-electron chi connectivity index (χ1n) is 11.5. The van der Waals surface area contributed by atoms with Gasteiger partial charge in [-0.2, -0.15) is 0 Å². The molecule has 0 saturated heterocycles. The number of carbonyl (C=O) groups excluding carboxylic acids is 1. The lowest BCUT2D eigenvalue weighted by Gasteiger charge is -2.45. The number of nitrogens with zero attached hydrogens (tertiary/aromatic N) is 1. The summed E-state index contributed by atoms with van der Waals surface area (Å²) in [7, 11) is -2.87. The molecule has 1 heterocycles. The molecule has 5 nitrogen and oxygen atoms in total. The Kier molecular flexibility index (Phi) is 7.90. The zero-order valence-corrected chi connectivity index (χ0v) is 20.8. The van der Waals surface area contributed by atoms with Crippen molar-refractivity contribution in [2.45, 2.75) is 71.1 Å². The van der Waals surface area contributed by atoms with E-state index in [2.05, 4.69) is 81.4 Å². The van der Waals surface area contributed by atoms with Gasteiger partial charge in [-0.05, 0) is 35.2 Å². The summed E-state index contributed by atoms with van der Waals surface area (Å²) < 4.78 is 12.5. The number of ether oxygens (including phenoxy) is 1. The Morgan fingerprint density at radius 2 is 1.56 bits per heavy atom. The first-order valence-corrected chi connectivity index (χ1v) is 13.5. The van der Waals surface area contributed by atoms with Gasteiger partial charge in [-0.25, -0.2) is 4.79 Å². The van der Waals surface area contributed by atoms with E-state index in [0.717, 1.165) is 29.6 Å². The van der Waals surface area contributed by atoms with Crippen LogP contribution in [0.4, 0.5) is 0 Å². The van der Waals surface area contributed by atoms with Crippen LogP contribution in [0.1, 0.15) is 53.9 Å². The molecule has 0 unspecified atom stereocenters. The summed E-state index contributed by atoms with van der Waals surface area (Å²) in [5, 5.41) is 6.26. The third kappa shape index (κ3) is 4.81. The molecule has 172 valence electrons. The fourth-order valence-corrected chi connectivity index (χ4v) is 9.05. The largest absolute Gasteiger partial charge is 0.461 e. The molecule has 32 heavy (non-hydrogen) atoms. The second kappa shape index (κ2) is 10.4. The summed E-state index contributed by atoms with van der Waals surface area (Å²) in [4.78, 5) is 18.5. The van der Waals surface area contributed by atoms with Crippen molar-refractivity contribution in [1.82, 2.24) is 0 Å². The van der Waals surface area contributed by atoms with E-state index in [1.54, 1.807) is 6.92 Å². The number of unbranched alkanes of at least 4 members (excludes halogenated alkanes) is 1. The molecule has 2 atom stereocenters. The van der Waals surface area contributed by atoms with Gasteiger partial charge < -0.3 is 14.0 Å². The van der Waals surface area contributed by atoms with Crippen LogP contribution in [0.2, 0.25) is 5.04 Å². The maximum absolute atomic E-state index is 12.8. The summed E-state index contributed by atoms with van der Waals surface area (Å²) >= 11 is 0. The van der Waals surface area contributed by atoms with Crippen molar-refractivity contribution >= 4 is 30.4 Å². The van der Waals surface area contributed by atoms with Crippen molar-refractivity contribution < 1.29 is 18.8 Å². The minimum absolute atomic E-state index is 0.215. The summed E-state index contributed by atoms with van der Waals surface area (Å²) in [5.41, 5.74) is 0.237. The number of carbonyl (C=O) groups is 1. The van der Waals surface area contributed by atoms with Gasteiger partial charge in [0.25, 0.3) is 8.32 Å². The Morgan fingerprint density at radius 1 is 1.00 bits per heavy atom. The van der Waals surface area contributed by atoms with Crippen molar-refractivity contribution in [3.05, 3.63) is 60.7 Å². The van der Waals surface area contributed by atoms with Gasteiger partial charge in [-0.1, -0.05) is 99.9 Å². The Bertz CT molecular complexity index is 869. The van der Waals surface area contributed by atoms with E-state index >= 15 is 0 Å². The maximum atomic E-state index is 12.8. The monoisotopic (exact) mass is 453 g/mol. The molecule has 0 aliphatic carbocycles. The highest BCUT2D eigenvalue weighted by Crippen LogP contribution is 2.39. The van der Waals surface area contributed by atoms with E-state index in [-0.39, 0.29) is 23.5 Å². The van der Waals surface area contributed by atoms with Gasteiger partial charge in [0, 0.05) is 0 Å². The fraction of sp³-hybridized carbons (Fsp3) is 0.462. The number of esters is 1. The second-order valence-corrected chi connectivity index (χ2v) is 13.4. The van der Waals surface area contributed by atoms with Crippen LogP contribution in [0.3, 0.4) is 0 Å². The van der Waals surface area contributed by atoms with Crippen LogP contribution < -0.4 is 10.4 Å². The van der Waals surface area contributed by atoms with Gasteiger partial charge in [0.05, 0.1) is 6.61 Å². The van der Waals surface area contributed by atoms with Crippen molar-refractivity contribution in [3.63, 3.8) is 0 Å². The number of rotatable bonds is 9. The molecule has 3 rings (SSSR count). The Hall–Kier alpha value is -2.44. The van der Waals surface area contributed by atoms with E-state index < -0.39 is 20.4 Å². The van der Waals surface area contributed by atoms with Crippen molar-refractivity contribution in [2.24, 2.45) is 5.16 Å². The minimum atomic E-state index is -2.87. The lowest BCUT2D eigenvalue weighted by molar-refractivity contribution is -0.135. The molecule has 1 aliphatic heterocycles. The molecular weight excluding hydrogens is 418 g/mol. The molecule has 0 N–H and O–H groups in total. The summed E-state index contributed by atoms with van der Waals surface area (Å²) in [5.74, 6) is -0.463. The topological polar surface area (TPSA) is 57.1 Å². The Labute approximate surface area is 192 Å². The number of oxime groups is 1. The first kappa shape index (κ1) is 24.2. The zero-order chi connectivity index (χ0) is 23.2. The van der Waals surface area contributed by atoms with Gasteiger partial charge in [-0.3, -0.25) is 0 Å². The molecule has 2 aromatic rings. The summed E-state index contributed by atoms with van der Waals surface area (Å²) in [6.07, 6.45) is 1.88. The van der Waals surface area contributed by atoms with Crippen molar-refractivity contribution in [1.29, 1.82) is 0 Å². The molecule has 0 amide bonds. The van der Waals surface area contributed by atoms with Gasteiger partial charge in [-0.15, -0.1) is 0 Å². The third-order valence-corrected chi connectivity index (χ3v) is 11.0. The van der Waals surface area contributed by atoms with E-state index in [4.69, 9.17) is 14.0 Å². The van der Waals surface area contributed by atoms with Gasteiger partial charge in [0.1, 0.15) is 6.10 Å². The van der Waals surface area contributed by atoms with E-state index in [1.165, 1.54) is 0 Å². The molecule has 6 heteroatoms. The molecule has 0 spiro atoms. The van der Waals surface area contributed by atoms with Gasteiger partial charge in [0.15, 0.2) is 11.8 Å². The van der Waals surface area contributed by atoms with Gasteiger partial charge in [0.2, 0.25) is 0 Å². The Morgan fingerprint density at radius 3 is 2.03 bits per heavy atom. The fourth-order valence-electron chi connectivity index (χ4n) is 4.39. The average Bonchev–Trinajstić information content (AvgIpc) is 3.18. The highest BCUT2D eigenvalue weighted by molar-refractivity contribution is 6.99. The molecule has 0 bridgehead atoms. The molecule has 0 aromatic heterocycles. The zero-order valence-electron chi connectivity index (χ0n) is 19.8. The highest BCUT2D eigenvalue weighted by Gasteiger charge is 2.55. The predicted molar refractivity (Wildman–Crippen MR) is 131 cm³/mol. The lowest BCUT2D eigenvalue weighted by atomic mass is 10.0. The second-order valence-electron chi connectivity index (χ2n) is 9.18. The normalized spacial score (nSPS) is 18.7. The first-order chi connectivity index (χ1) is 15.3. The predicted octanol–water partition coefficient (Wildman–Crippen LogP) is 4.44. The SMILES string of the molecule is CCCC[C@@H]1ON=C(C(=O)OCC)[C@@H]1O[Si](c1ccccc1)(c1ccccc1)C(C)(C)C. The minimum Gasteiger partial charge on any atom is -0.461 e. The molecular formula is C26H35NO4Si. The van der Waals surface area contributed by atoms with Crippen LogP contribution in [-0.2, 0) is 18.8 Å². The standard InChI is InChI=1S/C26H35NO4Si/c1-6-8-19-22-24(23(27-30-22)25(28)29-7-2)31-32(26(3,4)5,20-15-11-9-12-16-20)21-17-13-10-14-18-21/h9-18,22,24H,6-8,19H2,1-5H3/t22-,24+/m0/s1. The molecule has 0 fully saturated rings.